The lowest BCUT2D eigenvalue weighted by molar-refractivity contribution is 0.277. The van der Waals surface area contributed by atoms with E-state index < -0.39 is 0 Å². The predicted molar refractivity (Wildman–Crippen MR) is 93.4 cm³/mol. The Kier molecular flexibility index (Phi) is 6.47. The van der Waals surface area contributed by atoms with E-state index in [1.165, 1.54) is 36.8 Å². The van der Waals surface area contributed by atoms with E-state index in [0.29, 0.717) is 6.04 Å². The molecule has 0 bridgehead atoms. The van der Waals surface area contributed by atoms with E-state index in [9.17, 15) is 0 Å². The molecule has 2 rings (SSSR count). The molecule has 0 fully saturated rings. The molecule has 22 heavy (non-hydrogen) atoms. The normalized spacial score (nSPS) is 12.4. The second kappa shape index (κ2) is 8.60. The summed E-state index contributed by atoms with van der Waals surface area (Å²) in [5, 5.41) is 0. The highest BCUT2D eigenvalue weighted by molar-refractivity contribution is 5.29. The molecule has 0 aromatic heterocycles. The molecule has 2 nitrogen and oxygen atoms in total. The smallest absolute Gasteiger partial charge is 0.118 e. The lowest BCUT2D eigenvalue weighted by Gasteiger charge is -2.25. The lowest BCUT2D eigenvalue weighted by atomic mass is 9.98. The summed E-state index contributed by atoms with van der Waals surface area (Å²) in [5.41, 5.74) is 2.80. The molecule has 2 aromatic carbocycles. The van der Waals surface area contributed by atoms with Crippen LogP contribution in [0.1, 0.15) is 36.4 Å². The summed E-state index contributed by atoms with van der Waals surface area (Å²) in [6, 6.07) is 19.7. The highest BCUT2D eigenvalue weighted by Crippen LogP contribution is 2.26. The first kappa shape index (κ1) is 16.6. The molecule has 1 atom stereocenters. The van der Waals surface area contributed by atoms with Gasteiger partial charge in [0.25, 0.3) is 0 Å². The Morgan fingerprint density at radius 1 is 0.909 bits per heavy atom. The van der Waals surface area contributed by atoms with Crippen LogP contribution in [0, 0.1) is 0 Å². The van der Waals surface area contributed by atoms with Gasteiger partial charge < -0.3 is 9.64 Å². The van der Waals surface area contributed by atoms with Gasteiger partial charge in [-0.3, -0.25) is 0 Å². The standard InChI is InChI=1S/C20H27NO/c1-21(2)20(18-13-15-19(22-3)16-14-18)12-8-7-11-17-9-5-4-6-10-17/h4-6,9-10,13-16,20H,7-8,11-12H2,1-3H3. The van der Waals surface area contributed by atoms with Crippen LogP contribution < -0.4 is 4.74 Å². The molecule has 2 heteroatoms. The van der Waals surface area contributed by atoms with Crippen molar-refractivity contribution in [2.75, 3.05) is 21.2 Å². The SMILES string of the molecule is COc1ccc(C(CCCCc2ccccc2)N(C)C)cc1. The molecule has 2 aromatic rings. The van der Waals surface area contributed by atoms with Crippen LogP contribution in [-0.2, 0) is 6.42 Å². The average molecular weight is 297 g/mol. The molecule has 1 unspecified atom stereocenters. The Morgan fingerprint density at radius 3 is 2.18 bits per heavy atom. The maximum absolute atomic E-state index is 5.24. The third-order valence-corrected chi connectivity index (χ3v) is 4.16. The number of ether oxygens (including phenoxy) is 1. The molecule has 0 saturated heterocycles. The van der Waals surface area contributed by atoms with Gasteiger partial charge in [0.2, 0.25) is 0 Å². The van der Waals surface area contributed by atoms with E-state index in [1.54, 1.807) is 7.11 Å². The predicted octanol–water partition coefficient (Wildman–Crippen LogP) is 4.71. The van der Waals surface area contributed by atoms with Crippen LogP contribution in [0.5, 0.6) is 5.75 Å². The summed E-state index contributed by atoms with van der Waals surface area (Å²) in [6.45, 7) is 0. The van der Waals surface area contributed by atoms with Crippen LogP contribution >= 0.6 is 0 Å². The van der Waals surface area contributed by atoms with Gasteiger partial charge in [-0.25, -0.2) is 0 Å². The Labute approximate surface area is 134 Å². The molecule has 0 amide bonds. The van der Waals surface area contributed by atoms with Crippen LogP contribution in [0.25, 0.3) is 0 Å². The summed E-state index contributed by atoms with van der Waals surface area (Å²) in [5.74, 6) is 0.922. The lowest BCUT2D eigenvalue weighted by Crippen LogP contribution is -2.20. The maximum Gasteiger partial charge on any atom is 0.118 e. The van der Waals surface area contributed by atoms with Crippen LogP contribution in [0.4, 0.5) is 0 Å². The minimum Gasteiger partial charge on any atom is -0.497 e. The fraction of sp³-hybridized carbons (Fsp3) is 0.400. The van der Waals surface area contributed by atoms with Crippen LogP contribution in [0.3, 0.4) is 0 Å². The minimum atomic E-state index is 0.474. The first-order valence-electron chi connectivity index (χ1n) is 8.05. The van der Waals surface area contributed by atoms with Crippen molar-refractivity contribution in [1.29, 1.82) is 0 Å². The molecule has 0 aliphatic heterocycles. The summed E-state index contributed by atoms with van der Waals surface area (Å²) in [4.78, 5) is 2.31. The van der Waals surface area contributed by atoms with E-state index in [-0.39, 0.29) is 0 Å². The third kappa shape index (κ3) is 4.88. The second-order valence-corrected chi connectivity index (χ2v) is 5.98. The highest BCUT2D eigenvalue weighted by Gasteiger charge is 2.13. The van der Waals surface area contributed by atoms with Crippen molar-refractivity contribution in [3.05, 3.63) is 65.7 Å². The molecule has 0 saturated carbocycles. The molecular weight excluding hydrogens is 270 g/mol. The molecular formula is C20H27NO. The minimum absolute atomic E-state index is 0.474. The Balaban J connectivity index is 1.86. The molecule has 118 valence electrons. The average Bonchev–Trinajstić information content (AvgIpc) is 2.56. The zero-order chi connectivity index (χ0) is 15.8. The zero-order valence-electron chi connectivity index (χ0n) is 14.0. The van der Waals surface area contributed by atoms with Gasteiger partial charge in [-0.05, 0) is 56.6 Å². The van der Waals surface area contributed by atoms with Gasteiger partial charge in [-0.2, -0.15) is 0 Å². The summed E-state index contributed by atoms with van der Waals surface area (Å²) in [6.07, 6.45) is 4.84. The van der Waals surface area contributed by atoms with Crippen molar-refractivity contribution in [2.24, 2.45) is 0 Å². The van der Waals surface area contributed by atoms with Crippen LogP contribution in [0.15, 0.2) is 54.6 Å². The van der Waals surface area contributed by atoms with Crippen molar-refractivity contribution >= 4 is 0 Å². The van der Waals surface area contributed by atoms with Crippen molar-refractivity contribution < 1.29 is 4.74 Å². The Hall–Kier alpha value is -1.80. The number of hydrogen-bond donors (Lipinski definition) is 0. The quantitative estimate of drug-likeness (QED) is 0.654. The van der Waals surface area contributed by atoms with E-state index in [2.05, 4.69) is 73.6 Å². The van der Waals surface area contributed by atoms with Crippen molar-refractivity contribution in [2.45, 2.75) is 31.7 Å². The number of aryl methyl sites for hydroxylation is 1. The van der Waals surface area contributed by atoms with Gasteiger partial charge in [0.15, 0.2) is 0 Å². The molecule has 0 radical (unpaired) electrons. The third-order valence-electron chi connectivity index (χ3n) is 4.16. The van der Waals surface area contributed by atoms with Gasteiger partial charge >= 0.3 is 0 Å². The van der Waals surface area contributed by atoms with E-state index in [0.717, 1.165) is 5.75 Å². The van der Waals surface area contributed by atoms with Gasteiger partial charge in [0, 0.05) is 6.04 Å². The molecule has 0 spiro atoms. The first-order chi connectivity index (χ1) is 10.7. The maximum atomic E-state index is 5.24. The van der Waals surface area contributed by atoms with Crippen LogP contribution in [-0.4, -0.2) is 26.1 Å². The number of unbranched alkanes of at least 4 members (excludes halogenated alkanes) is 1. The molecule has 0 aliphatic carbocycles. The number of benzene rings is 2. The summed E-state index contributed by atoms with van der Waals surface area (Å²) < 4.78 is 5.24. The first-order valence-corrected chi connectivity index (χ1v) is 8.05. The van der Waals surface area contributed by atoms with Crippen molar-refractivity contribution in [3.63, 3.8) is 0 Å². The Morgan fingerprint density at radius 2 is 1.59 bits per heavy atom. The number of rotatable bonds is 8. The number of nitrogens with zero attached hydrogens (tertiary/aromatic N) is 1. The molecule has 0 aliphatic rings. The summed E-state index contributed by atoms with van der Waals surface area (Å²) in [7, 11) is 6.03. The fourth-order valence-electron chi connectivity index (χ4n) is 2.86. The Bertz CT molecular complexity index is 533. The van der Waals surface area contributed by atoms with E-state index in [1.807, 2.05) is 0 Å². The van der Waals surface area contributed by atoms with Crippen LogP contribution in [0.2, 0.25) is 0 Å². The van der Waals surface area contributed by atoms with Gasteiger partial charge in [-0.1, -0.05) is 48.9 Å². The van der Waals surface area contributed by atoms with Gasteiger partial charge in [0.1, 0.15) is 5.75 Å². The van der Waals surface area contributed by atoms with E-state index in [4.69, 9.17) is 4.74 Å². The second-order valence-electron chi connectivity index (χ2n) is 5.98. The van der Waals surface area contributed by atoms with Crippen molar-refractivity contribution in [3.8, 4) is 5.75 Å². The van der Waals surface area contributed by atoms with E-state index >= 15 is 0 Å². The topological polar surface area (TPSA) is 12.5 Å². The number of methoxy groups -OCH3 is 1. The number of hydrogen-bond acceptors (Lipinski definition) is 2. The van der Waals surface area contributed by atoms with Crippen molar-refractivity contribution in [1.82, 2.24) is 4.90 Å². The highest BCUT2D eigenvalue weighted by atomic mass is 16.5. The monoisotopic (exact) mass is 297 g/mol. The zero-order valence-corrected chi connectivity index (χ0v) is 14.0. The van der Waals surface area contributed by atoms with Gasteiger partial charge in [0.05, 0.1) is 7.11 Å². The molecule has 0 N–H and O–H groups in total. The van der Waals surface area contributed by atoms with Gasteiger partial charge in [-0.15, -0.1) is 0 Å². The largest absolute Gasteiger partial charge is 0.497 e. The molecule has 0 heterocycles. The fourth-order valence-corrected chi connectivity index (χ4v) is 2.86. The summed E-state index contributed by atoms with van der Waals surface area (Å²) >= 11 is 0.